The fraction of sp³-hybridized carbons (Fsp3) is 0.412. The Bertz CT molecular complexity index is 840. The van der Waals surface area contributed by atoms with Gasteiger partial charge in [-0.25, -0.2) is 14.6 Å². The van der Waals surface area contributed by atoms with E-state index in [0.29, 0.717) is 29.5 Å². The van der Waals surface area contributed by atoms with Gasteiger partial charge in [0.15, 0.2) is 11.6 Å². The molecule has 0 amide bonds. The van der Waals surface area contributed by atoms with Gasteiger partial charge in [0.2, 0.25) is 11.3 Å². The lowest BCUT2D eigenvalue weighted by molar-refractivity contribution is 0.198. The topological polar surface area (TPSA) is 98.0 Å². The number of rotatable bonds is 7. The minimum atomic E-state index is 0.281. The fourth-order valence-electron chi connectivity index (χ4n) is 3.14. The summed E-state index contributed by atoms with van der Waals surface area (Å²) in [5.74, 6) is 1.34. The molecule has 0 aliphatic heterocycles. The van der Waals surface area contributed by atoms with Crippen molar-refractivity contribution >= 4 is 22.9 Å². The summed E-state index contributed by atoms with van der Waals surface area (Å²) in [5, 5.41) is 14.4. The second-order valence-electron chi connectivity index (χ2n) is 6.12. The predicted molar refractivity (Wildman–Crippen MR) is 93.6 cm³/mol. The van der Waals surface area contributed by atoms with Crippen molar-refractivity contribution in [3.05, 3.63) is 35.4 Å². The number of nitrogens with one attached hydrogen (secondary N) is 2. The van der Waals surface area contributed by atoms with Crippen LogP contribution in [0, 0.1) is 0 Å². The van der Waals surface area contributed by atoms with Crippen molar-refractivity contribution in [3.63, 3.8) is 0 Å². The molecular weight excluding hydrogens is 320 g/mol. The number of ether oxygens (including phenoxy) is 1. The number of anilines is 2. The molecule has 8 heteroatoms. The molecule has 0 saturated carbocycles. The highest BCUT2D eigenvalue weighted by atomic mass is 16.6. The molecule has 1 aromatic carbocycles. The van der Waals surface area contributed by atoms with Gasteiger partial charge in [0, 0.05) is 26.3 Å². The van der Waals surface area contributed by atoms with Crippen molar-refractivity contribution in [2.24, 2.45) is 0 Å². The van der Waals surface area contributed by atoms with E-state index in [1.165, 1.54) is 11.1 Å². The molecule has 2 heterocycles. The van der Waals surface area contributed by atoms with Crippen LogP contribution in [0.5, 0.6) is 0 Å². The Morgan fingerprint density at radius 3 is 2.44 bits per heavy atom. The van der Waals surface area contributed by atoms with Crippen molar-refractivity contribution in [2.45, 2.75) is 25.3 Å². The van der Waals surface area contributed by atoms with Gasteiger partial charge in [-0.05, 0) is 40.7 Å². The van der Waals surface area contributed by atoms with Gasteiger partial charge in [-0.3, -0.25) is 0 Å². The van der Waals surface area contributed by atoms with Crippen LogP contribution in [0.25, 0.3) is 11.3 Å². The van der Waals surface area contributed by atoms with E-state index in [9.17, 15) is 0 Å². The Morgan fingerprint density at radius 2 is 1.76 bits per heavy atom. The van der Waals surface area contributed by atoms with Crippen molar-refractivity contribution < 1.29 is 9.37 Å². The van der Waals surface area contributed by atoms with Crippen LogP contribution in [0.2, 0.25) is 0 Å². The third kappa shape index (κ3) is 3.39. The van der Waals surface area contributed by atoms with E-state index in [0.717, 1.165) is 25.8 Å². The van der Waals surface area contributed by atoms with Crippen molar-refractivity contribution in [3.8, 4) is 0 Å². The van der Waals surface area contributed by atoms with Crippen LogP contribution in [-0.4, -0.2) is 46.6 Å². The number of nitrogens with zero attached hydrogens (tertiary/aromatic N) is 4. The SMILES string of the molecule is COCCCNc1nc2nonc2nc1NC1Cc2ccccc2C1. The number of fused-ring (bicyclic) bond motifs is 2. The summed E-state index contributed by atoms with van der Waals surface area (Å²) < 4.78 is 9.82. The normalized spacial score (nSPS) is 14.0. The van der Waals surface area contributed by atoms with Crippen LogP contribution in [0.1, 0.15) is 17.5 Å². The lowest BCUT2D eigenvalue weighted by atomic mass is 10.1. The van der Waals surface area contributed by atoms with Crippen molar-refractivity contribution in [2.75, 3.05) is 30.9 Å². The van der Waals surface area contributed by atoms with Gasteiger partial charge in [-0.15, -0.1) is 0 Å². The first-order valence-electron chi connectivity index (χ1n) is 8.40. The Kier molecular flexibility index (Phi) is 4.43. The molecule has 2 N–H and O–H groups in total. The highest BCUT2D eigenvalue weighted by molar-refractivity contribution is 5.73. The molecule has 8 nitrogen and oxygen atoms in total. The molecule has 0 unspecified atom stereocenters. The van der Waals surface area contributed by atoms with Gasteiger partial charge in [-0.1, -0.05) is 24.3 Å². The van der Waals surface area contributed by atoms with E-state index >= 15 is 0 Å². The second-order valence-corrected chi connectivity index (χ2v) is 6.12. The standard InChI is InChI=1S/C17H20N6O2/c1-24-8-4-7-18-14-15(21-17-16(20-14)22-25-23-17)19-13-9-11-5-2-3-6-12(11)10-13/h2-3,5-6,13H,4,7-10H2,1H3,(H,18,20,22)(H,19,21,23). The van der Waals surface area contributed by atoms with Crippen LogP contribution in [0.4, 0.5) is 11.6 Å². The molecule has 0 bridgehead atoms. The summed E-state index contributed by atoms with van der Waals surface area (Å²) in [4.78, 5) is 9.01. The van der Waals surface area contributed by atoms with Gasteiger partial charge < -0.3 is 15.4 Å². The fourth-order valence-corrected chi connectivity index (χ4v) is 3.14. The molecule has 2 aromatic heterocycles. The summed E-state index contributed by atoms with van der Waals surface area (Å²) in [7, 11) is 1.69. The number of benzene rings is 1. The largest absolute Gasteiger partial charge is 0.385 e. The molecule has 0 spiro atoms. The predicted octanol–water partition coefficient (Wildman–Crippen LogP) is 2.04. The maximum atomic E-state index is 5.08. The average Bonchev–Trinajstić information content (AvgIpc) is 3.24. The molecule has 0 fully saturated rings. The van der Waals surface area contributed by atoms with Gasteiger partial charge in [0.25, 0.3) is 0 Å². The van der Waals surface area contributed by atoms with Crippen LogP contribution in [0.3, 0.4) is 0 Å². The Morgan fingerprint density at radius 1 is 1.08 bits per heavy atom. The van der Waals surface area contributed by atoms with Gasteiger partial charge in [-0.2, -0.15) is 0 Å². The smallest absolute Gasteiger partial charge is 0.245 e. The zero-order valence-electron chi connectivity index (χ0n) is 14.0. The van der Waals surface area contributed by atoms with E-state index in [-0.39, 0.29) is 6.04 Å². The summed E-state index contributed by atoms with van der Waals surface area (Å²) in [5.41, 5.74) is 3.56. The first-order valence-corrected chi connectivity index (χ1v) is 8.40. The maximum absolute atomic E-state index is 5.08. The zero-order valence-corrected chi connectivity index (χ0v) is 14.0. The van der Waals surface area contributed by atoms with E-state index in [2.05, 4.69) is 55.2 Å². The van der Waals surface area contributed by atoms with E-state index in [4.69, 9.17) is 9.37 Å². The van der Waals surface area contributed by atoms with E-state index in [1.54, 1.807) is 7.11 Å². The van der Waals surface area contributed by atoms with E-state index < -0.39 is 0 Å². The van der Waals surface area contributed by atoms with E-state index in [1.807, 2.05) is 0 Å². The van der Waals surface area contributed by atoms with Crippen molar-refractivity contribution in [1.82, 2.24) is 20.3 Å². The number of methoxy groups -OCH3 is 1. The number of hydrogen-bond acceptors (Lipinski definition) is 8. The van der Waals surface area contributed by atoms with Gasteiger partial charge >= 0.3 is 0 Å². The highest BCUT2D eigenvalue weighted by Gasteiger charge is 2.23. The van der Waals surface area contributed by atoms with Gasteiger partial charge in [0.1, 0.15) is 0 Å². The molecule has 0 atom stereocenters. The summed E-state index contributed by atoms with van der Waals surface area (Å²) in [6, 6.07) is 8.80. The highest BCUT2D eigenvalue weighted by Crippen LogP contribution is 2.27. The lowest BCUT2D eigenvalue weighted by Crippen LogP contribution is -2.22. The van der Waals surface area contributed by atoms with Crippen LogP contribution >= 0.6 is 0 Å². The third-order valence-electron chi connectivity index (χ3n) is 4.32. The second kappa shape index (κ2) is 7.02. The third-order valence-corrected chi connectivity index (χ3v) is 4.32. The lowest BCUT2D eigenvalue weighted by Gasteiger charge is -2.16. The van der Waals surface area contributed by atoms with Gasteiger partial charge in [0.05, 0.1) is 0 Å². The van der Waals surface area contributed by atoms with Crippen LogP contribution in [0.15, 0.2) is 28.9 Å². The monoisotopic (exact) mass is 340 g/mol. The quantitative estimate of drug-likeness (QED) is 0.631. The minimum Gasteiger partial charge on any atom is -0.385 e. The summed E-state index contributed by atoms with van der Waals surface area (Å²) >= 11 is 0. The number of aromatic nitrogens is 4. The zero-order chi connectivity index (χ0) is 17.1. The molecule has 0 saturated heterocycles. The molecule has 1 aliphatic carbocycles. The minimum absolute atomic E-state index is 0.281. The Hall–Kier alpha value is -2.74. The Balaban J connectivity index is 1.53. The summed E-state index contributed by atoms with van der Waals surface area (Å²) in [6.45, 7) is 1.42. The van der Waals surface area contributed by atoms with Crippen molar-refractivity contribution in [1.29, 1.82) is 0 Å². The molecule has 3 aromatic rings. The average molecular weight is 340 g/mol. The molecular formula is C17H20N6O2. The first-order chi connectivity index (χ1) is 12.3. The maximum Gasteiger partial charge on any atom is 0.245 e. The molecule has 25 heavy (non-hydrogen) atoms. The van der Waals surface area contributed by atoms with Crippen LogP contribution < -0.4 is 10.6 Å². The van der Waals surface area contributed by atoms with Crippen LogP contribution in [-0.2, 0) is 17.6 Å². The molecule has 0 radical (unpaired) electrons. The summed E-state index contributed by atoms with van der Waals surface area (Å²) in [6.07, 6.45) is 2.81. The molecule has 130 valence electrons. The molecule has 1 aliphatic rings. The Labute approximate surface area is 145 Å². The first kappa shape index (κ1) is 15.8. The number of hydrogen-bond donors (Lipinski definition) is 2. The molecule has 4 rings (SSSR count).